The quantitative estimate of drug-likeness (QED) is 0.651. The van der Waals surface area contributed by atoms with Crippen LogP contribution in [0.2, 0.25) is 0 Å². The molecule has 1 rings (SSSR count). The molecule has 0 heterocycles. The number of hydrogen-bond acceptors (Lipinski definition) is 4. The van der Waals surface area contributed by atoms with Crippen molar-refractivity contribution in [2.75, 3.05) is 46.8 Å². The van der Waals surface area contributed by atoms with Crippen molar-refractivity contribution in [2.24, 2.45) is 5.92 Å². The van der Waals surface area contributed by atoms with E-state index in [-0.39, 0.29) is 5.54 Å². The van der Waals surface area contributed by atoms with Gasteiger partial charge in [-0.1, -0.05) is 13.8 Å². The van der Waals surface area contributed by atoms with Crippen molar-refractivity contribution in [2.45, 2.75) is 38.6 Å². The van der Waals surface area contributed by atoms with E-state index in [4.69, 9.17) is 0 Å². The largest absolute Gasteiger partial charge is 0.308 e. The van der Waals surface area contributed by atoms with Crippen molar-refractivity contribution >= 4 is 0 Å². The van der Waals surface area contributed by atoms with Crippen LogP contribution in [0.3, 0.4) is 0 Å². The molecule has 4 heteroatoms. The molecule has 0 aromatic heterocycles. The fourth-order valence-electron chi connectivity index (χ4n) is 2.67. The molecule has 0 bridgehead atoms. The maximum Gasteiger partial charge on any atom is 0.122 e. The van der Waals surface area contributed by atoms with Crippen LogP contribution in [0, 0.1) is 17.2 Å². The summed E-state index contributed by atoms with van der Waals surface area (Å²) in [4.78, 5) is 4.66. The summed E-state index contributed by atoms with van der Waals surface area (Å²) in [6.45, 7) is 9.22. The highest BCUT2D eigenvalue weighted by Gasteiger charge is 2.46. The highest BCUT2D eigenvalue weighted by Crippen LogP contribution is 2.39. The lowest BCUT2D eigenvalue weighted by atomic mass is 9.94. The molecule has 0 saturated heterocycles. The van der Waals surface area contributed by atoms with Gasteiger partial charge in [0, 0.05) is 19.6 Å². The molecular formula is C15H30N4. The van der Waals surface area contributed by atoms with Gasteiger partial charge in [-0.3, -0.25) is 10.2 Å². The van der Waals surface area contributed by atoms with E-state index in [9.17, 15) is 5.26 Å². The van der Waals surface area contributed by atoms with Crippen molar-refractivity contribution in [1.82, 2.24) is 15.1 Å². The van der Waals surface area contributed by atoms with Gasteiger partial charge in [0.2, 0.25) is 0 Å². The van der Waals surface area contributed by atoms with Gasteiger partial charge in [0.25, 0.3) is 0 Å². The van der Waals surface area contributed by atoms with Gasteiger partial charge in [0.05, 0.1) is 6.07 Å². The van der Waals surface area contributed by atoms with Crippen molar-refractivity contribution in [1.29, 1.82) is 5.26 Å². The molecule has 0 aromatic carbocycles. The summed E-state index contributed by atoms with van der Waals surface area (Å²) in [5.41, 5.74) is -0.323. The zero-order valence-corrected chi connectivity index (χ0v) is 13.1. The summed E-state index contributed by atoms with van der Waals surface area (Å²) in [5.74, 6) is 0.552. The maximum atomic E-state index is 9.66. The molecule has 1 aliphatic rings. The van der Waals surface area contributed by atoms with Gasteiger partial charge >= 0.3 is 0 Å². The predicted octanol–water partition coefficient (Wildman–Crippen LogP) is 1.54. The van der Waals surface area contributed by atoms with Gasteiger partial charge in [-0.25, -0.2) is 0 Å². The highest BCUT2D eigenvalue weighted by molar-refractivity contribution is 5.16. The number of rotatable bonds is 10. The Labute approximate surface area is 118 Å². The van der Waals surface area contributed by atoms with E-state index < -0.39 is 0 Å². The number of likely N-dealkylation sites (N-methyl/N-ethyl adjacent to an activating group) is 2. The Hall–Kier alpha value is -0.630. The molecular weight excluding hydrogens is 236 g/mol. The Kier molecular flexibility index (Phi) is 6.78. The van der Waals surface area contributed by atoms with Crippen LogP contribution in [0.1, 0.15) is 33.1 Å². The Bertz CT molecular complexity index is 293. The molecule has 1 fully saturated rings. The number of nitriles is 1. The van der Waals surface area contributed by atoms with Gasteiger partial charge in [-0.2, -0.15) is 5.26 Å². The molecule has 0 spiro atoms. The van der Waals surface area contributed by atoms with Crippen LogP contribution in [0.25, 0.3) is 0 Å². The summed E-state index contributed by atoms with van der Waals surface area (Å²) >= 11 is 0. The van der Waals surface area contributed by atoms with Crippen LogP contribution in [-0.4, -0.2) is 62.2 Å². The third kappa shape index (κ3) is 5.10. The molecule has 110 valence electrons. The fraction of sp³-hybridized carbons (Fsp3) is 0.933. The Morgan fingerprint density at radius 2 is 1.89 bits per heavy atom. The standard InChI is InChI=1S/C15H30N4/c1-5-9-19(11-10-18(3)4)13-15(12-16,17-6-2)14-7-8-14/h14,17H,5-11,13H2,1-4H3. The summed E-state index contributed by atoms with van der Waals surface area (Å²) < 4.78 is 0. The molecule has 0 aromatic rings. The topological polar surface area (TPSA) is 42.3 Å². The first kappa shape index (κ1) is 16.4. The van der Waals surface area contributed by atoms with E-state index in [0.717, 1.165) is 39.1 Å². The summed E-state index contributed by atoms with van der Waals surface area (Å²) in [7, 11) is 4.21. The molecule has 19 heavy (non-hydrogen) atoms. The van der Waals surface area contributed by atoms with E-state index in [0.29, 0.717) is 5.92 Å². The van der Waals surface area contributed by atoms with Crippen LogP contribution in [0.4, 0.5) is 0 Å². The Morgan fingerprint density at radius 1 is 1.21 bits per heavy atom. The van der Waals surface area contributed by atoms with Crippen molar-refractivity contribution < 1.29 is 0 Å². The number of nitrogens with zero attached hydrogens (tertiary/aromatic N) is 3. The normalized spacial score (nSPS) is 18.6. The number of nitrogens with one attached hydrogen (secondary N) is 1. The molecule has 0 aliphatic heterocycles. The maximum absolute atomic E-state index is 9.66. The molecule has 1 unspecified atom stereocenters. The minimum Gasteiger partial charge on any atom is -0.308 e. The summed E-state index contributed by atoms with van der Waals surface area (Å²) in [6.07, 6.45) is 3.55. The van der Waals surface area contributed by atoms with E-state index in [1.165, 1.54) is 12.8 Å². The van der Waals surface area contributed by atoms with E-state index in [2.05, 4.69) is 49.1 Å². The lowest BCUT2D eigenvalue weighted by Gasteiger charge is -2.34. The fourth-order valence-corrected chi connectivity index (χ4v) is 2.67. The van der Waals surface area contributed by atoms with Gasteiger partial charge in [0.1, 0.15) is 5.54 Å². The van der Waals surface area contributed by atoms with Gasteiger partial charge in [-0.05, 0) is 52.4 Å². The molecule has 1 atom stereocenters. The molecule has 4 nitrogen and oxygen atoms in total. The second-order valence-electron chi connectivity index (χ2n) is 5.97. The average molecular weight is 266 g/mol. The van der Waals surface area contributed by atoms with Crippen LogP contribution in [-0.2, 0) is 0 Å². The third-order valence-corrected chi connectivity index (χ3v) is 3.84. The molecule has 1 N–H and O–H groups in total. The zero-order valence-electron chi connectivity index (χ0n) is 13.1. The first-order valence-electron chi connectivity index (χ1n) is 7.61. The second kappa shape index (κ2) is 7.84. The third-order valence-electron chi connectivity index (χ3n) is 3.84. The predicted molar refractivity (Wildman–Crippen MR) is 80.0 cm³/mol. The summed E-state index contributed by atoms with van der Waals surface area (Å²) in [5, 5.41) is 13.1. The van der Waals surface area contributed by atoms with Gasteiger partial charge in [0.15, 0.2) is 0 Å². The van der Waals surface area contributed by atoms with E-state index >= 15 is 0 Å². The van der Waals surface area contributed by atoms with Crippen molar-refractivity contribution in [3.05, 3.63) is 0 Å². The zero-order chi connectivity index (χ0) is 14.3. The molecule has 0 amide bonds. The van der Waals surface area contributed by atoms with Crippen LogP contribution in [0.5, 0.6) is 0 Å². The first-order chi connectivity index (χ1) is 9.07. The van der Waals surface area contributed by atoms with E-state index in [1.54, 1.807) is 0 Å². The SMILES string of the molecule is CCCN(CCN(C)C)CC(C#N)(NCC)C1CC1. The minimum atomic E-state index is -0.323. The molecule has 1 saturated carbocycles. The summed E-state index contributed by atoms with van der Waals surface area (Å²) in [6, 6.07) is 2.59. The minimum absolute atomic E-state index is 0.323. The molecule has 0 radical (unpaired) electrons. The monoisotopic (exact) mass is 266 g/mol. The lowest BCUT2D eigenvalue weighted by molar-refractivity contribution is 0.182. The first-order valence-corrected chi connectivity index (χ1v) is 7.61. The van der Waals surface area contributed by atoms with Gasteiger partial charge < -0.3 is 4.90 Å². The smallest absolute Gasteiger partial charge is 0.122 e. The van der Waals surface area contributed by atoms with Crippen molar-refractivity contribution in [3.63, 3.8) is 0 Å². The van der Waals surface area contributed by atoms with Gasteiger partial charge in [-0.15, -0.1) is 0 Å². The average Bonchev–Trinajstić information content (AvgIpc) is 3.20. The van der Waals surface area contributed by atoms with E-state index in [1.807, 2.05) is 0 Å². The second-order valence-corrected chi connectivity index (χ2v) is 5.97. The molecule has 1 aliphatic carbocycles. The van der Waals surface area contributed by atoms with Crippen LogP contribution in [0.15, 0.2) is 0 Å². The Morgan fingerprint density at radius 3 is 2.32 bits per heavy atom. The van der Waals surface area contributed by atoms with Crippen molar-refractivity contribution in [3.8, 4) is 6.07 Å². The number of hydrogen-bond donors (Lipinski definition) is 1. The Balaban J connectivity index is 2.64. The van der Waals surface area contributed by atoms with Crippen LogP contribution >= 0.6 is 0 Å². The lowest BCUT2D eigenvalue weighted by Crippen LogP contribution is -2.55. The highest BCUT2D eigenvalue weighted by atomic mass is 15.2. The van der Waals surface area contributed by atoms with Crippen LogP contribution < -0.4 is 5.32 Å².